The van der Waals surface area contributed by atoms with Crippen molar-refractivity contribution in [2.45, 2.75) is 31.7 Å². The molecule has 118 valence electrons. The number of ether oxygens (including phenoxy) is 1. The molecule has 0 saturated carbocycles. The van der Waals surface area contributed by atoms with E-state index in [1.165, 1.54) is 0 Å². The fraction of sp³-hybridized carbons (Fsp3) is 0.294. The highest BCUT2D eigenvalue weighted by atomic mass is 32.2. The fourth-order valence-corrected chi connectivity index (χ4v) is 3.34. The predicted molar refractivity (Wildman–Crippen MR) is 87.5 cm³/mol. The molecule has 0 aliphatic rings. The molecule has 22 heavy (non-hydrogen) atoms. The zero-order valence-electron chi connectivity index (χ0n) is 13.0. The summed E-state index contributed by atoms with van der Waals surface area (Å²) < 4.78 is 32.8. The number of hydrogen-bond acceptors (Lipinski definition) is 3. The first kappa shape index (κ1) is 16.5. The Morgan fingerprint density at radius 1 is 1.05 bits per heavy atom. The van der Waals surface area contributed by atoms with Crippen LogP contribution in [0.15, 0.2) is 53.4 Å². The Morgan fingerprint density at radius 2 is 1.64 bits per heavy atom. The Bertz CT molecular complexity index is 707. The maximum Gasteiger partial charge on any atom is 0.241 e. The summed E-state index contributed by atoms with van der Waals surface area (Å²) in [5, 5.41) is 0. The third kappa shape index (κ3) is 4.08. The van der Waals surface area contributed by atoms with Gasteiger partial charge in [-0.15, -0.1) is 0 Å². The lowest BCUT2D eigenvalue weighted by Crippen LogP contribution is -2.26. The standard InChI is InChI=1S/C17H21NO3S/c1-4-21-16-9-11-17(12-10-16)22(19,20)18-14(3)15-7-5-13(2)6-8-15/h5-12,14,18H,4H2,1-3H3/t14-/m0/s1. The number of aryl methyl sites for hydroxylation is 1. The van der Waals surface area contributed by atoms with Gasteiger partial charge in [-0.1, -0.05) is 29.8 Å². The number of benzene rings is 2. The van der Waals surface area contributed by atoms with Crippen molar-refractivity contribution in [1.82, 2.24) is 4.72 Å². The average molecular weight is 319 g/mol. The fourth-order valence-electron chi connectivity index (χ4n) is 2.11. The molecule has 2 aromatic carbocycles. The molecule has 0 aliphatic heterocycles. The molecule has 0 radical (unpaired) electrons. The smallest absolute Gasteiger partial charge is 0.241 e. The van der Waals surface area contributed by atoms with Crippen molar-refractivity contribution >= 4 is 10.0 Å². The van der Waals surface area contributed by atoms with Gasteiger partial charge in [0.1, 0.15) is 5.75 Å². The van der Waals surface area contributed by atoms with Gasteiger partial charge in [0.05, 0.1) is 11.5 Å². The molecule has 5 heteroatoms. The van der Waals surface area contributed by atoms with Crippen LogP contribution in [0.1, 0.15) is 31.0 Å². The van der Waals surface area contributed by atoms with Crippen LogP contribution in [0.2, 0.25) is 0 Å². The van der Waals surface area contributed by atoms with Crippen LogP contribution in [0.5, 0.6) is 5.75 Å². The van der Waals surface area contributed by atoms with Crippen LogP contribution in [0, 0.1) is 6.92 Å². The number of nitrogens with one attached hydrogen (secondary N) is 1. The minimum absolute atomic E-state index is 0.231. The molecule has 0 unspecified atom stereocenters. The quantitative estimate of drug-likeness (QED) is 0.887. The molecule has 0 amide bonds. The lowest BCUT2D eigenvalue weighted by molar-refractivity contribution is 0.340. The number of rotatable bonds is 6. The molecule has 0 fully saturated rings. The van der Waals surface area contributed by atoms with Gasteiger partial charge in [-0.05, 0) is 50.6 Å². The van der Waals surface area contributed by atoms with Crippen LogP contribution >= 0.6 is 0 Å². The van der Waals surface area contributed by atoms with Crippen molar-refractivity contribution in [2.75, 3.05) is 6.61 Å². The SMILES string of the molecule is CCOc1ccc(S(=O)(=O)N[C@@H](C)c2ccc(C)cc2)cc1. The molecule has 1 atom stereocenters. The summed E-state index contributed by atoms with van der Waals surface area (Å²) in [7, 11) is -3.56. The van der Waals surface area contributed by atoms with E-state index in [1.54, 1.807) is 24.3 Å². The molecule has 0 saturated heterocycles. The second-order valence-corrected chi connectivity index (χ2v) is 6.87. The number of sulfonamides is 1. The Balaban J connectivity index is 2.14. The zero-order chi connectivity index (χ0) is 16.2. The van der Waals surface area contributed by atoms with Crippen LogP contribution in [0.4, 0.5) is 0 Å². The molecule has 0 aromatic heterocycles. The van der Waals surface area contributed by atoms with Gasteiger partial charge < -0.3 is 4.74 Å². The van der Waals surface area contributed by atoms with Crippen molar-refractivity contribution in [3.63, 3.8) is 0 Å². The van der Waals surface area contributed by atoms with Crippen LogP contribution in [-0.2, 0) is 10.0 Å². The van der Waals surface area contributed by atoms with Crippen molar-refractivity contribution in [1.29, 1.82) is 0 Å². The molecule has 1 N–H and O–H groups in total. The molecular formula is C17H21NO3S. The Hall–Kier alpha value is -1.85. The largest absolute Gasteiger partial charge is 0.494 e. The van der Waals surface area contributed by atoms with Gasteiger partial charge in [-0.25, -0.2) is 13.1 Å². The average Bonchev–Trinajstić information content (AvgIpc) is 2.48. The van der Waals surface area contributed by atoms with Crippen molar-refractivity contribution in [2.24, 2.45) is 0 Å². The second kappa shape index (κ2) is 6.94. The van der Waals surface area contributed by atoms with E-state index in [4.69, 9.17) is 4.74 Å². The highest BCUT2D eigenvalue weighted by Crippen LogP contribution is 2.19. The van der Waals surface area contributed by atoms with E-state index in [0.29, 0.717) is 12.4 Å². The van der Waals surface area contributed by atoms with Gasteiger partial charge in [0, 0.05) is 6.04 Å². The third-order valence-electron chi connectivity index (χ3n) is 3.35. The summed E-state index contributed by atoms with van der Waals surface area (Å²) in [6, 6.07) is 13.9. The molecule has 0 aliphatic carbocycles. The monoisotopic (exact) mass is 319 g/mol. The topological polar surface area (TPSA) is 55.4 Å². The van der Waals surface area contributed by atoms with Crippen molar-refractivity contribution in [3.05, 3.63) is 59.7 Å². The molecule has 2 rings (SSSR count). The summed E-state index contributed by atoms with van der Waals surface area (Å²) in [5.74, 6) is 0.660. The summed E-state index contributed by atoms with van der Waals surface area (Å²) in [6.45, 7) is 6.26. The van der Waals surface area contributed by atoms with Crippen LogP contribution in [0.3, 0.4) is 0 Å². The van der Waals surface area contributed by atoms with Crippen LogP contribution < -0.4 is 9.46 Å². The maximum absolute atomic E-state index is 12.4. The summed E-state index contributed by atoms with van der Waals surface area (Å²) >= 11 is 0. The normalized spacial score (nSPS) is 12.9. The molecule has 0 heterocycles. The summed E-state index contributed by atoms with van der Waals surface area (Å²) in [4.78, 5) is 0.231. The van der Waals surface area contributed by atoms with Crippen molar-refractivity contribution in [3.8, 4) is 5.75 Å². The van der Waals surface area contributed by atoms with E-state index in [-0.39, 0.29) is 10.9 Å². The van der Waals surface area contributed by atoms with E-state index in [9.17, 15) is 8.42 Å². The third-order valence-corrected chi connectivity index (χ3v) is 4.91. The molecule has 2 aromatic rings. The molecular weight excluding hydrogens is 298 g/mol. The molecule has 0 spiro atoms. The van der Waals surface area contributed by atoms with Gasteiger partial charge in [0.2, 0.25) is 10.0 Å². The summed E-state index contributed by atoms with van der Waals surface area (Å²) in [6.07, 6.45) is 0. The van der Waals surface area contributed by atoms with Crippen LogP contribution in [-0.4, -0.2) is 15.0 Å². The summed E-state index contributed by atoms with van der Waals surface area (Å²) in [5.41, 5.74) is 2.07. The van der Waals surface area contributed by atoms with Crippen LogP contribution in [0.25, 0.3) is 0 Å². The van der Waals surface area contributed by atoms with E-state index in [2.05, 4.69) is 4.72 Å². The Morgan fingerprint density at radius 3 is 2.18 bits per heavy atom. The van der Waals surface area contributed by atoms with Crippen molar-refractivity contribution < 1.29 is 13.2 Å². The predicted octanol–water partition coefficient (Wildman–Crippen LogP) is 3.43. The van der Waals surface area contributed by atoms with Gasteiger partial charge >= 0.3 is 0 Å². The highest BCUT2D eigenvalue weighted by Gasteiger charge is 2.18. The highest BCUT2D eigenvalue weighted by molar-refractivity contribution is 7.89. The van der Waals surface area contributed by atoms with E-state index >= 15 is 0 Å². The van der Waals surface area contributed by atoms with E-state index < -0.39 is 10.0 Å². The first-order valence-corrected chi connectivity index (χ1v) is 8.72. The van der Waals surface area contributed by atoms with E-state index in [0.717, 1.165) is 11.1 Å². The minimum Gasteiger partial charge on any atom is -0.494 e. The second-order valence-electron chi connectivity index (χ2n) is 5.16. The maximum atomic E-state index is 12.4. The minimum atomic E-state index is -3.56. The van der Waals surface area contributed by atoms with E-state index in [1.807, 2.05) is 45.0 Å². The Kier molecular flexibility index (Phi) is 5.21. The Labute approximate surface area is 132 Å². The lowest BCUT2D eigenvalue weighted by Gasteiger charge is -2.15. The molecule has 4 nitrogen and oxygen atoms in total. The molecule has 0 bridgehead atoms. The first-order valence-electron chi connectivity index (χ1n) is 7.24. The van der Waals surface area contributed by atoms with Gasteiger partial charge in [0.25, 0.3) is 0 Å². The van der Waals surface area contributed by atoms with Gasteiger partial charge in [-0.2, -0.15) is 0 Å². The van der Waals surface area contributed by atoms with Gasteiger partial charge in [-0.3, -0.25) is 0 Å². The lowest BCUT2D eigenvalue weighted by atomic mass is 10.1. The first-order chi connectivity index (χ1) is 10.4. The zero-order valence-corrected chi connectivity index (χ0v) is 13.9. The van der Waals surface area contributed by atoms with Gasteiger partial charge in [0.15, 0.2) is 0 Å². The number of hydrogen-bond donors (Lipinski definition) is 1.